The van der Waals surface area contributed by atoms with Crippen molar-refractivity contribution in [3.8, 4) is 0 Å². The van der Waals surface area contributed by atoms with Gasteiger partial charge in [-0.05, 0) is 42.0 Å². The summed E-state index contributed by atoms with van der Waals surface area (Å²) in [4.78, 5) is 18.5. The standard InChI is InChI=1S/C11H24N4O3/c1-7(12(3)4)14-9(16)10(17)15(11(14)18)8(2)13(5)6/h7-10,16-17H,1-6H3. The number of amides is 2. The quantitative estimate of drug-likeness (QED) is 0.691. The summed E-state index contributed by atoms with van der Waals surface area (Å²) in [6.45, 7) is 3.61. The van der Waals surface area contributed by atoms with Gasteiger partial charge in [0.25, 0.3) is 0 Å². The Balaban J connectivity index is 2.97. The molecule has 1 aliphatic rings. The highest BCUT2D eigenvalue weighted by Crippen LogP contribution is 2.25. The number of carbonyl (C=O) groups excluding carboxylic acids is 1. The highest BCUT2D eigenvalue weighted by molar-refractivity contribution is 5.77. The van der Waals surface area contributed by atoms with Gasteiger partial charge in [-0.15, -0.1) is 0 Å². The molecule has 2 N–H and O–H groups in total. The van der Waals surface area contributed by atoms with Crippen molar-refractivity contribution in [1.82, 2.24) is 19.6 Å². The fourth-order valence-electron chi connectivity index (χ4n) is 1.91. The number of nitrogens with zero attached hydrogens (tertiary/aromatic N) is 4. The van der Waals surface area contributed by atoms with Crippen LogP contribution in [-0.4, -0.2) is 88.8 Å². The first-order valence-corrected chi connectivity index (χ1v) is 5.99. The van der Waals surface area contributed by atoms with Gasteiger partial charge in [0.15, 0.2) is 12.5 Å². The average molecular weight is 260 g/mol. The maximum Gasteiger partial charge on any atom is 0.326 e. The smallest absolute Gasteiger partial charge is 0.326 e. The van der Waals surface area contributed by atoms with Gasteiger partial charge in [0.1, 0.15) is 0 Å². The second kappa shape index (κ2) is 5.40. The number of carbonyl (C=O) groups is 1. The number of aliphatic hydroxyl groups excluding tert-OH is 2. The van der Waals surface area contributed by atoms with Gasteiger partial charge in [-0.2, -0.15) is 0 Å². The van der Waals surface area contributed by atoms with E-state index in [0.29, 0.717) is 0 Å². The van der Waals surface area contributed by atoms with Gasteiger partial charge in [-0.25, -0.2) is 4.79 Å². The van der Waals surface area contributed by atoms with Crippen molar-refractivity contribution in [1.29, 1.82) is 0 Å². The minimum Gasteiger partial charge on any atom is -0.369 e. The van der Waals surface area contributed by atoms with Gasteiger partial charge in [-0.3, -0.25) is 19.6 Å². The van der Waals surface area contributed by atoms with Gasteiger partial charge in [-0.1, -0.05) is 0 Å². The van der Waals surface area contributed by atoms with Crippen molar-refractivity contribution < 1.29 is 15.0 Å². The molecule has 0 aromatic carbocycles. The summed E-state index contributed by atoms with van der Waals surface area (Å²) in [7, 11) is 7.26. The molecule has 1 aliphatic heterocycles. The number of hydrogen-bond acceptors (Lipinski definition) is 5. The molecule has 7 nitrogen and oxygen atoms in total. The number of urea groups is 1. The molecule has 0 aliphatic carbocycles. The third-order valence-electron chi connectivity index (χ3n) is 3.58. The van der Waals surface area contributed by atoms with Crippen molar-refractivity contribution in [2.24, 2.45) is 0 Å². The van der Waals surface area contributed by atoms with Crippen LogP contribution in [0.2, 0.25) is 0 Å². The zero-order valence-corrected chi connectivity index (χ0v) is 11.9. The molecule has 4 atom stereocenters. The van der Waals surface area contributed by atoms with E-state index >= 15 is 0 Å². The van der Waals surface area contributed by atoms with E-state index in [9.17, 15) is 15.0 Å². The summed E-state index contributed by atoms with van der Waals surface area (Å²) in [6.07, 6.45) is -3.00. The lowest BCUT2D eigenvalue weighted by Gasteiger charge is -2.33. The minimum atomic E-state index is -1.21. The number of rotatable bonds is 4. The Labute approximate surface area is 108 Å². The largest absolute Gasteiger partial charge is 0.369 e. The maximum absolute atomic E-state index is 12.3. The van der Waals surface area contributed by atoms with Gasteiger partial charge >= 0.3 is 6.03 Å². The van der Waals surface area contributed by atoms with E-state index in [1.54, 1.807) is 23.6 Å². The van der Waals surface area contributed by atoms with Crippen molar-refractivity contribution >= 4 is 6.03 Å². The molecule has 1 fully saturated rings. The van der Waals surface area contributed by atoms with E-state index in [-0.39, 0.29) is 18.4 Å². The molecule has 1 heterocycles. The monoisotopic (exact) mass is 260 g/mol. The van der Waals surface area contributed by atoms with Gasteiger partial charge < -0.3 is 10.2 Å². The summed E-state index contributed by atoms with van der Waals surface area (Å²) >= 11 is 0. The van der Waals surface area contributed by atoms with E-state index in [1.807, 2.05) is 28.2 Å². The Morgan fingerprint density at radius 3 is 1.44 bits per heavy atom. The van der Waals surface area contributed by atoms with Crippen LogP contribution in [0.4, 0.5) is 4.79 Å². The lowest BCUT2D eigenvalue weighted by Crippen LogP contribution is -2.50. The van der Waals surface area contributed by atoms with E-state index in [4.69, 9.17) is 0 Å². The number of aliphatic hydroxyl groups is 2. The van der Waals surface area contributed by atoms with Crippen LogP contribution in [0.3, 0.4) is 0 Å². The Morgan fingerprint density at radius 2 is 1.22 bits per heavy atom. The lowest BCUT2D eigenvalue weighted by atomic mass is 10.4. The molecule has 1 rings (SSSR count). The summed E-state index contributed by atoms with van der Waals surface area (Å²) in [5.74, 6) is 0. The summed E-state index contributed by atoms with van der Waals surface area (Å²) < 4.78 is 0. The molecule has 18 heavy (non-hydrogen) atoms. The first kappa shape index (κ1) is 15.2. The molecule has 1 saturated heterocycles. The number of hydrogen-bond donors (Lipinski definition) is 2. The van der Waals surface area contributed by atoms with Crippen molar-refractivity contribution in [3.05, 3.63) is 0 Å². The molecule has 7 heteroatoms. The van der Waals surface area contributed by atoms with E-state index in [2.05, 4.69) is 0 Å². The van der Waals surface area contributed by atoms with Gasteiger partial charge in [0.2, 0.25) is 0 Å². The Bertz CT molecular complexity index is 283. The van der Waals surface area contributed by atoms with Crippen LogP contribution in [0.1, 0.15) is 13.8 Å². The van der Waals surface area contributed by atoms with E-state index < -0.39 is 12.5 Å². The van der Waals surface area contributed by atoms with Crippen LogP contribution in [0, 0.1) is 0 Å². The molecular formula is C11H24N4O3. The summed E-state index contributed by atoms with van der Waals surface area (Å²) in [5, 5.41) is 20.0. The van der Waals surface area contributed by atoms with Crippen LogP contribution in [0.5, 0.6) is 0 Å². The zero-order chi connectivity index (χ0) is 14.2. The predicted molar refractivity (Wildman–Crippen MR) is 67.4 cm³/mol. The normalized spacial score (nSPS) is 28.4. The SMILES string of the molecule is CC(N(C)C)N1C(=O)N(C(C)N(C)C)C(O)C1O. The highest BCUT2D eigenvalue weighted by atomic mass is 16.4. The van der Waals surface area contributed by atoms with Crippen molar-refractivity contribution in [2.45, 2.75) is 38.6 Å². The second-order valence-corrected chi connectivity index (χ2v) is 5.12. The first-order chi connectivity index (χ1) is 8.20. The zero-order valence-electron chi connectivity index (χ0n) is 11.9. The second-order valence-electron chi connectivity index (χ2n) is 5.12. The minimum absolute atomic E-state index is 0.290. The predicted octanol–water partition coefficient (Wildman–Crippen LogP) is -0.824. The molecule has 0 aromatic rings. The average Bonchev–Trinajstić information content (AvgIpc) is 2.48. The molecule has 4 unspecified atom stereocenters. The molecule has 0 saturated carbocycles. The maximum atomic E-state index is 12.3. The van der Waals surface area contributed by atoms with Crippen LogP contribution in [0.25, 0.3) is 0 Å². The Kier molecular flexibility index (Phi) is 4.55. The lowest BCUT2D eigenvalue weighted by molar-refractivity contribution is -0.100. The topological polar surface area (TPSA) is 70.5 Å². The third-order valence-corrected chi connectivity index (χ3v) is 3.58. The summed E-state index contributed by atoms with van der Waals surface area (Å²) in [6, 6.07) is -0.364. The van der Waals surface area contributed by atoms with Gasteiger partial charge in [0, 0.05) is 0 Å². The molecule has 0 aromatic heterocycles. The molecular weight excluding hydrogens is 236 g/mol. The highest BCUT2D eigenvalue weighted by Gasteiger charge is 2.48. The molecule has 0 bridgehead atoms. The fraction of sp³-hybridized carbons (Fsp3) is 0.909. The fourth-order valence-corrected chi connectivity index (χ4v) is 1.91. The first-order valence-electron chi connectivity index (χ1n) is 5.99. The van der Waals surface area contributed by atoms with Crippen LogP contribution in [0.15, 0.2) is 0 Å². The molecule has 0 radical (unpaired) electrons. The van der Waals surface area contributed by atoms with E-state index in [1.165, 1.54) is 9.80 Å². The van der Waals surface area contributed by atoms with Crippen LogP contribution >= 0.6 is 0 Å². The Morgan fingerprint density at radius 1 is 0.944 bits per heavy atom. The third kappa shape index (κ3) is 2.44. The van der Waals surface area contributed by atoms with Crippen LogP contribution < -0.4 is 0 Å². The van der Waals surface area contributed by atoms with Crippen LogP contribution in [-0.2, 0) is 0 Å². The Hall–Kier alpha value is -0.890. The molecule has 0 spiro atoms. The summed E-state index contributed by atoms with van der Waals surface area (Å²) in [5.41, 5.74) is 0. The van der Waals surface area contributed by atoms with Crippen molar-refractivity contribution in [2.75, 3.05) is 28.2 Å². The van der Waals surface area contributed by atoms with Crippen molar-refractivity contribution in [3.63, 3.8) is 0 Å². The van der Waals surface area contributed by atoms with E-state index in [0.717, 1.165) is 0 Å². The molecule has 106 valence electrons. The van der Waals surface area contributed by atoms with Gasteiger partial charge in [0.05, 0.1) is 12.3 Å². The molecule has 2 amide bonds.